The van der Waals surface area contributed by atoms with Crippen molar-refractivity contribution in [3.63, 3.8) is 0 Å². The molecule has 0 saturated heterocycles. The number of thioether (sulfide) groups is 1. The van der Waals surface area contributed by atoms with Crippen molar-refractivity contribution in [2.24, 2.45) is 5.92 Å². The normalized spacial score (nSPS) is 11.4. The largest absolute Gasteiger partial charge is 0.341 e. The number of hydrogen-bond donors (Lipinski definition) is 0. The molecule has 23 heavy (non-hydrogen) atoms. The summed E-state index contributed by atoms with van der Waals surface area (Å²) in [4.78, 5) is 18.4. The molecule has 0 radical (unpaired) electrons. The minimum absolute atomic E-state index is 0.0406. The van der Waals surface area contributed by atoms with E-state index >= 15 is 0 Å². The smallest absolute Gasteiger partial charge is 0.233 e. The number of carbonyl (C=O) groups is 1. The highest BCUT2D eigenvalue weighted by Crippen LogP contribution is 2.26. The first-order chi connectivity index (χ1) is 10.8. The van der Waals surface area contributed by atoms with Gasteiger partial charge >= 0.3 is 0 Å². The third kappa shape index (κ3) is 4.71. The Bertz CT molecular complexity index is 673. The summed E-state index contributed by atoms with van der Waals surface area (Å²) in [7, 11) is 0. The van der Waals surface area contributed by atoms with Crippen LogP contribution in [-0.4, -0.2) is 34.6 Å². The second kappa shape index (κ2) is 8.55. The molecule has 0 spiro atoms. The van der Waals surface area contributed by atoms with Crippen molar-refractivity contribution in [2.45, 2.75) is 39.6 Å². The Kier molecular flexibility index (Phi) is 7.06. The van der Waals surface area contributed by atoms with Gasteiger partial charge in [0.2, 0.25) is 5.91 Å². The van der Waals surface area contributed by atoms with Crippen LogP contribution in [0.25, 0.3) is 0 Å². The van der Waals surface area contributed by atoms with Crippen LogP contribution in [0.15, 0.2) is 5.03 Å². The van der Waals surface area contributed by atoms with E-state index in [1.54, 1.807) is 11.8 Å². The van der Waals surface area contributed by atoms with Crippen molar-refractivity contribution in [2.75, 3.05) is 18.8 Å². The number of nitriles is 2. The van der Waals surface area contributed by atoms with Gasteiger partial charge < -0.3 is 4.90 Å². The molecule has 1 unspecified atom stereocenters. The Balaban J connectivity index is 2.88. The number of aromatic nitrogens is 1. The Hall–Kier alpha value is -2.05. The van der Waals surface area contributed by atoms with Gasteiger partial charge in [0.15, 0.2) is 0 Å². The second-order valence-electron chi connectivity index (χ2n) is 5.49. The summed E-state index contributed by atoms with van der Waals surface area (Å²) in [5.74, 6) is -0.0166. The van der Waals surface area contributed by atoms with Gasteiger partial charge in [0.1, 0.15) is 11.1 Å². The lowest BCUT2D eigenvalue weighted by molar-refractivity contribution is -0.128. The molecule has 0 fully saturated rings. The van der Waals surface area contributed by atoms with Crippen LogP contribution in [0.5, 0.6) is 0 Å². The number of aryl methyl sites for hydroxylation is 1. The van der Waals surface area contributed by atoms with Crippen LogP contribution < -0.4 is 0 Å². The van der Waals surface area contributed by atoms with Crippen molar-refractivity contribution >= 4 is 17.7 Å². The van der Waals surface area contributed by atoms with Crippen LogP contribution in [0, 0.1) is 49.4 Å². The first-order valence-corrected chi connectivity index (χ1v) is 8.52. The molecule has 1 heterocycles. The van der Waals surface area contributed by atoms with Gasteiger partial charge in [-0.3, -0.25) is 4.79 Å². The SMILES string of the molecule is CCN(CC(C)C#N)C(=O)CSc1nc(C)c(C)c(C)c1C#N. The summed E-state index contributed by atoms with van der Waals surface area (Å²) in [5, 5.41) is 18.8. The van der Waals surface area contributed by atoms with E-state index in [9.17, 15) is 10.1 Å². The molecule has 122 valence electrons. The Morgan fingerprint density at radius 3 is 2.48 bits per heavy atom. The van der Waals surface area contributed by atoms with Gasteiger partial charge in [0.25, 0.3) is 0 Å². The van der Waals surface area contributed by atoms with E-state index in [0.29, 0.717) is 23.7 Å². The zero-order valence-electron chi connectivity index (χ0n) is 14.3. The molecule has 5 nitrogen and oxygen atoms in total. The number of rotatable bonds is 6. The lowest BCUT2D eigenvalue weighted by atomic mass is 10.1. The molecule has 0 aliphatic heterocycles. The van der Waals surface area contributed by atoms with E-state index in [4.69, 9.17) is 5.26 Å². The molecule has 0 aliphatic carbocycles. The van der Waals surface area contributed by atoms with Crippen LogP contribution >= 0.6 is 11.8 Å². The van der Waals surface area contributed by atoms with E-state index in [2.05, 4.69) is 17.1 Å². The van der Waals surface area contributed by atoms with Gasteiger partial charge in [0, 0.05) is 18.8 Å². The van der Waals surface area contributed by atoms with Crippen LogP contribution in [0.2, 0.25) is 0 Å². The maximum Gasteiger partial charge on any atom is 0.233 e. The molecule has 1 aromatic heterocycles. The first kappa shape index (κ1) is 19.0. The molecule has 0 N–H and O–H groups in total. The second-order valence-corrected chi connectivity index (χ2v) is 6.45. The predicted octanol–water partition coefficient (Wildman–Crippen LogP) is 2.98. The quantitative estimate of drug-likeness (QED) is 0.749. The van der Waals surface area contributed by atoms with Gasteiger partial charge in [-0.1, -0.05) is 11.8 Å². The fraction of sp³-hybridized carbons (Fsp3) is 0.529. The van der Waals surface area contributed by atoms with Gasteiger partial charge in [-0.2, -0.15) is 10.5 Å². The highest BCUT2D eigenvalue weighted by Gasteiger charge is 2.18. The van der Waals surface area contributed by atoms with E-state index in [1.165, 1.54) is 11.8 Å². The van der Waals surface area contributed by atoms with Crippen LogP contribution in [-0.2, 0) is 4.79 Å². The highest BCUT2D eigenvalue weighted by molar-refractivity contribution is 8.00. The van der Waals surface area contributed by atoms with E-state index < -0.39 is 0 Å². The highest BCUT2D eigenvalue weighted by atomic mass is 32.2. The fourth-order valence-electron chi connectivity index (χ4n) is 2.15. The Morgan fingerprint density at radius 2 is 1.96 bits per heavy atom. The molecule has 0 aliphatic rings. The molecule has 1 aromatic rings. The number of hydrogen-bond acceptors (Lipinski definition) is 5. The standard InChI is InChI=1S/C17H22N4OS/c1-6-21(9-11(2)7-18)16(22)10-23-17-15(8-19)13(4)12(3)14(5)20-17/h11H,6,9-10H2,1-5H3. The van der Waals surface area contributed by atoms with Crippen molar-refractivity contribution in [3.05, 3.63) is 22.4 Å². The molecule has 1 amide bonds. The van der Waals surface area contributed by atoms with E-state index in [1.807, 2.05) is 27.7 Å². The number of pyridine rings is 1. The molecular weight excluding hydrogens is 308 g/mol. The molecular formula is C17H22N4OS. The first-order valence-electron chi connectivity index (χ1n) is 7.53. The summed E-state index contributed by atoms with van der Waals surface area (Å²) >= 11 is 1.29. The van der Waals surface area contributed by atoms with Crippen molar-refractivity contribution < 1.29 is 4.79 Å². The summed E-state index contributed by atoms with van der Waals surface area (Å²) in [6, 6.07) is 4.33. The fourth-order valence-corrected chi connectivity index (χ4v) is 3.13. The number of carbonyl (C=O) groups excluding carboxylic acids is 1. The van der Waals surface area contributed by atoms with Crippen LogP contribution in [0.1, 0.15) is 36.2 Å². The molecule has 0 bridgehead atoms. The van der Waals surface area contributed by atoms with Gasteiger partial charge in [0.05, 0.1) is 23.3 Å². The lowest BCUT2D eigenvalue weighted by Crippen LogP contribution is -2.35. The van der Waals surface area contributed by atoms with E-state index in [0.717, 1.165) is 16.8 Å². The third-order valence-electron chi connectivity index (χ3n) is 3.86. The zero-order chi connectivity index (χ0) is 17.6. The van der Waals surface area contributed by atoms with Crippen molar-refractivity contribution in [1.29, 1.82) is 10.5 Å². The van der Waals surface area contributed by atoms with Gasteiger partial charge in [-0.15, -0.1) is 0 Å². The minimum Gasteiger partial charge on any atom is -0.341 e. The summed E-state index contributed by atoms with van der Waals surface area (Å²) in [6.07, 6.45) is 0. The Morgan fingerprint density at radius 1 is 1.30 bits per heavy atom. The Labute approximate surface area is 142 Å². The summed E-state index contributed by atoms with van der Waals surface area (Å²) in [6.45, 7) is 10.4. The van der Waals surface area contributed by atoms with Crippen LogP contribution in [0.4, 0.5) is 0 Å². The maximum atomic E-state index is 12.3. The average Bonchev–Trinajstić information content (AvgIpc) is 2.55. The molecule has 0 saturated carbocycles. The molecule has 6 heteroatoms. The average molecular weight is 330 g/mol. The van der Waals surface area contributed by atoms with Gasteiger partial charge in [-0.05, 0) is 45.7 Å². The summed E-state index contributed by atoms with van der Waals surface area (Å²) in [5.41, 5.74) is 3.34. The van der Waals surface area contributed by atoms with Crippen LogP contribution in [0.3, 0.4) is 0 Å². The third-order valence-corrected chi connectivity index (χ3v) is 4.82. The topological polar surface area (TPSA) is 80.8 Å². The van der Waals surface area contributed by atoms with Gasteiger partial charge in [-0.25, -0.2) is 4.98 Å². The lowest BCUT2D eigenvalue weighted by Gasteiger charge is -2.22. The maximum absolute atomic E-state index is 12.3. The molecule has 0 aromatic carbocycles. The monoisotopic (exact) mass is 330 g/mol. The van der Waals surface area contributed by atoms with Crippen molar-refractivity contribution in [1.82, 2.24) is 9.88 Å². The zero-order valence-corrected chi connectivity index (χ0v) is 15.1. The van der Waals surface area contributed by atoms with Crippen molar-refractivity contribution in [3.8, 4) is 12.1 Å². The summed E-state index contributed by atoms with van der Waals surface area (Å²) < 4.78 is 0. The molecule has 1 atom stereocenters. The molecule has 1 rings (SSSR count). The predicted molar refractivity (Wildman–Crippen MR) is 90.9 cm³/mol. The number of nitrogens with zero attached hydrogens (tertiary/aromatic N) is 4. The van der Waals surface area contributed by atoms with E-state index in [-0.39, 0.29) is 17.6 Å². The number of amides is 1. The minimum atomic E-state index is -0.194.